The van der Waals surface area contributed by atoms with Crippen molar-refractivity contribution in [1.82, 2.24) is 0 Å². The van der Waals surface area contributed by atoms with E-state index < -0.39 is 91.5 Å². The average molecular weight is 1710 g/mol. The van der Waals surface area contributed by atoms with Gasteiger partial charge in [0.15, 0.2) is 6.10 Å². The van der Waals surface area contributed by atoms with Crippen LogP contribution in [0.1, 0.15) is 406 Å². The standard InChI is InChI=1S/C101H174O16P2/c1-4-7-10-13-16-19-22-25-28-31-34-36-38-40-42-44-46-47-49-51-52-54-56-58-61-63-66-69-72-75-78-81-84-87-99(104)111-90-96(102)91-113-118(107,108)114-92-97(103)93-115-119(109,110)116-95-98(117-101(106)89-86-83-80-77-74-71-68-65-60-33-30-27-24-21-18-15-12-9-6-3)94-112-100(105)88-85-82-79-76-73-70-67-64-62-59-57-55-53-50-48-45-43-41-39-37-35-32-29-26-23-20-17-14-11-8-5-2/h7,9-10,12,16-21,25-30,34-37,40-43,60,65,96-98,102-103H,4-6,8,11,13-15,22-24,31-33,38-39,44-59,61-64,66-95H2,1-3H3,(H,107,108)(H,109,110)/b10-7-,12-9-,19-16-,20-17-,21-18-,28-25-,29-26-,30-27-,36-34-,37-35-,42-40-,43-41-,65-60-. The van der Waals surface area contributed by atoms with Crippen molar-refractivity contribution >= 4 is 33.6 Å². The Bertz CT molecular complexity index is 2790. The molecule has 119 heavy (non-hydrogen) atoms. The molecule has 0 amide bonds. The predicted molar refractivity (Wildman–Crippen MR) is 500 cm³/mol. The Hall–Kier alpha value is -4.83. The highest BCUT2D eigenvalue weighted by Crippen LogP contribution is 2.45. The van der Waals surface area contributed by atoms with Gasteiger partial charge in [0, 0.05) is 19.3 Å². The number of esters is 3. The van der Waals surface area contributed by atoms with Crippen molar-refractivity contribution in [3.05, 3.63) is 158 Å². The lowest BCUT2D eigenvalue weighted by Crippen LogP contribution is -2.30. The fourth-order valence-electron chi connectivity index (χ4n) is 13.0. The summed E-state index contributed by atoms with van der Waals surface area (Å²) in [7, 11) is -9.81. The summed E-state index contributed by atoms with van der Waals surface area (Å²) in [6, 6.07) is 0. The van der Waals surface area contributed by atoms with Crippen molar-refractivity contribution in [1.29, 1.82) is 0 Å². The van der Waals surface area contributed by atoms with Crippen LogP contribution in [0.5, 0.6) is 0 Å². The Morgan fingerprint density at radius 1 is 0.244 bits per heavy atom. The largest absolute Gasteiger partial charge is 0.472 e. The first-order valence-corrected chi connectivity index (χ1v) is 50.8. The molecule has 16 nitrogen and oxygen atoms in total. The molecule has 0 aromatic heterocycles. The van der Waals surface area contributed by atoms with Gasteiger partial charge in [-0.25, -0.2) is 9.13 Å². The number of hydrogen-bond acceptors (Lipinski definition) is 14. The van der Waals surface area contributed by atoms with Gasteiger partial charge in [-0.2, -0.15) is 0 Å². The third-order valence-corrected chi connectivity index (χ3v) is 22.1. The number of rotatable bonds is 90. The lowest BCUT2D eigenvalue weighted by molar-refractivity contribution is -0.161. The highest BCUT2D eigenvalue weighted by atomic mass is 31.2. The lowest BCUT2D eigenvalue weighted by atomic mass is 10.0. The normalized spacial score (nSPS) is 14.4. The molecule has 684 valence electrons. The zero-order chi connectivity index (χ0) is 86.5. The maximum absolute atomic E-state index is 13.1. The van der Waals surface area contributed by atoms with Gasteiger partial charge < -0.3 is 34.2 Å². The molecular weight excluding hydrogens is 1530 g/mol. The van der Waals surface area contributed by atoms with Gasteiger partial charge in [0.1, 0.15) is 25.4 Å². The molecular formula is C101H174O16P2. The van der Waals surface area contributed by atoms with Crippen LogP contribution in [0.25, 0.3) is 0 Å². The molecule has 0 saturated heterocycles. The van der Waals surface area contributed by atoms with Crippen LogP contribution in [0.2, 0.25) is 0 Å². The Kier molecular flexibility index (Phi) is 88.6. The van der Waals surface area contributed by atoms with E-state index >= 15 is 0 Å². The van der Waals surface area contributed by atoms with E-state index in [9.17, 15) is 43.5 Å². The number of aliphatic hydroxyl groups is 2. The van der Waals surface area contributed by atoms with E-state index in [1.165, 1.54) is 193 Å². The van der Waals surface area contributed by atoms with Crippen LogP contribution >= 0.6 is 15.6 Å². The number of carbonyl (C=O) groups excluding carboxylic acids is 3. The first-order chi connectivity index (χ1) is 58.2. The van der Waals surface area contributed by atoms with E-state index in [2.05, 4.69) is 179 Å². The molecule has 0 aromatic carbocycles. The molecule has 18 heteroatoms. The van der Waals surface area contributed by atoms with Gasteiger partial charge >= 0.3 is 33.6 Å². The second kappa shape index (κ2) is 92.4. The number of phosphoric ester groups is 2. The van der Waals surface area contributed by atoms with Crippen LogP contribution in [-0.2, 0) is 55.8 Å². The quantitative estimate of drug-likeness (QED) is 0.0146. The Balaban J connectivity index is 4.52. The van der Waals surface area contributed by atoms with E-state index in [0.29, 0.717) is 19.3 Å². The summed E-state index contributed by atoms with van der Waals surface area (Å²) in [5.74, 6) is -1.58. The van der Waals surface area contributed by atoms with Crippen LogP contribution in [0.4, 0.5) is 0 Å². The van der Waals surface area contributed by atoms with Gasteiger partial charge in [-0.3, -0.25) is 32.5 Å². The molecule has 5 unspecified atom stereocenters. The molecule has 0 spiro atoms. The minimum atomic E-state index is -4.95. The molecule has 5 atom stereocenters. The van der Waals surface area contributed by atoms with Gasteiger partial charge in [-0.15, -0.1) is 0 Å². The molecule has 4 N–H and O–H groups in total. The number of unbranched alkanes of at least 4 members (excludes halogenated alkanes) is 41. The molecule has 0 heterocycles. The van der Waals surface area contributed by atoms with E-state index in [-0.39, 0.29) is 19.3 Å². The SMILES string of the molecule is CC/C=C\C/C=C\C/C=C\C/C=C\C/C=C\CCCCCCCCCCCCCCCCCCCC(=O)OCC(O)COP(=O)(O)OCC(O)COP(=O)(O)OCC(COC(=O)CCCCCCCCCCCCCCCCC/C=C\C/C=C\C/C=C\C/C=C\CCCCC)OC(=O)CCCCCCCC/C=C\C/C=C\C/C=C\C/C=C\CC. The summed E-state index contributed by atoms with van der Waals surface area (Å²) < 4.78 is 61.5. The van der Waals surface area contributed by atoms with Gasteiger partial charge in [0.05, 0.1) is 26.4 Å². The third kappa shape index (κ3) is 93.7. The number of carbonyl (C=O) groups is 3. The number of hydrogen-bond donors (Lipinski definition) is 4. The summed E-state index contributed by atoms with van der Waals surface area (Å²) in [6.07, 6.45) is 119. The van der Waals surface area contributed by atoms with E-state index in [4.69, 9.17) is 32.3 Å². The Morgan fingerprint density at radius 2 is 0.445 bits per heavy atom. The van der Waals surface area contributed by atoms with Crippen LogP contribution < -0.4 is 0 Å². The molecule has 0 aliphatic rings. The average Bonchev–Trinajstić information content (AvgIpc) is 0.941. The first-order valence-electron chi connectivity index (χ1n) is 47.8. The summed E-state index contributed by atoms with van der Waals surface area (Å²) in [4.78, 5) is 59.0. The molecule has 0 aromatic rings. The van der Waals surface area contributed by atoms with Crippen molar-refractivity contribution < 1.29 is 75.8 Å². The van der Waals surface area contributed by atoms with Crippen molar-refractivity contribution in [3.8, 4) is 0 Å². The Labute approximate surface area is 727 Å². The lowest BCUT2D eigenvalue weighted by Gasteiger charge is -2.21. The fourth-order valence-corrected chi connectivity index (χ4v) is 14.6. The molecule has 0 aliphatic heterocycles. The molecule has 0 rings (SSSR count). The number of aliphatic hydroxyl groups excluding tert-OH is 2. The fraction of sp³-hybridized carbons (Fsp3) is 0.713. The van der Waals surface area contributed by atoms with Gasteiger partial charge in [-0.1, -0.05) is 397 Å². The second-order valence-electron chi connectivity index (χ2n) is 31.8. The van der Waals surface area contributed by atoms with Gasteiger partial charge in [0.2, 0.25) is 0 Å². The maximum Gasteiger partial charge on any atom is 0.472 e. The highest BCUT2D eigenvalue weighted by molar-refractivity contribution is 7.47. The second-order valence-corrected chi connectivity index (χ2v) is 34.7. The molecule has 0 saturated carbocycles. The topological polar surface area (TPSA) is 231 Å². The summed E-state index contributed by atoms with van der Waals surface area (Å²) >= 11 is 0. The minimum Gasteiger partial charge on any atom is -0.463 e. The van der Waals surface area contributed by atoms with E-state index in [1.807, 2.05) is 0 Å². The third-order valence-electron chi connectivity index (χ3n) is 20.2. The summed E-state index contributed by atoms with van der Waals surface area (Å²) in [6.45, 7) is 2.47. The van der Waals surface area contributed by atoms with Crippen LogP contribution in [0.15, 0.2) is 158 Å². The summed E-state index contributed by atoms with van der Waals surface area (Å²) in [5, 5.41) is 20.7. The Morgan fingerprint density at radius 3 is 0.706 bits per heavy atom. The highest BCUT2D eigenvalue weighted by Gasteiger charge is 2.30. The smallest absolute Gasteiger partial charge is 0.463 e. The van der Waals surface area contributed by atoms with E-state index in [0.717, 1.165) is 154 Å². The van der Waals surface area contributed by atoms with Crippen molar-refractivity contribution in [2.45, 2.75) is 424 Å². The molecule has 0 fully saturated rings. The van der Waals surface area contributed by atoms with Gasteiger partial charge in [0.25, 0.3) is 0 Å². The predicted octanol–water partition coefficient (Wildman–Crippen LogP) is 29.7. The van der Waals surface area contributed by atoms with Gasteiger partial charge in [-0.05, 0) is 148 Å². The number of allylic oxidation sites excluding steroid dienone is 26. The van der Waals surface area contributed by atoms with Crippen molar-refractivity contribution in [2.75, 3.05) is 39.6 Å². The zero-order valence-corrected chi connectivity index (χ0v) is 77.3. The molecule has 0 aliphatic carbocycles. The number of phosphoric acid groups is 2. The van der Waals surface area contributed by atoms with Crippen LogP contribution in [0.3, 0.4) is 0 Å². The zero-order valence-electron chi connectivity index (χ0n) is 75.5. The van der Waals surface area contributed by atoms with Crippen LogP contribution in [0, 0.1) is 0 Å². The minimum absolute atomic E-state index is 0.0864. The van der Waals surface area contributed by atoms with E-state index in [1.54, 1.807) is 0 Å². The monoisotopic (exact) mass is 1710 g/mol. The molecule has 0 bridgehead atoms. The summed E-state index contributed by atoms with van der Waals surface area (Å²) in [5.41, 5.74) is 0. The molecule has 0 radical (unpaired) electrons. The first kappa shape index (κ1) is 114. The maximum atomic E-state index is 13.1. The van der Waals surface area contributed by atoms with Crippen LogP contribution in [-0.4, -0.2) is 95.9 Å². The number of ether oxygens (including phenoxy) is 3. The van der Waals surface area contributed by atoms with Crippen molar-refractivity contribution in [3.63, 3.8) is 0 Å². The van der Waals surface area contributed by atoms with Crippen molar-refractivity contribution in [2.24, 2.45) is 0 Å².